The van der Waals surface area contributed by atoms with Crippen molar-refractivity contribution in [3.05, 3.63) is 66.1 Å². The maximum absolute atomic E-state index is 13.3. The van der Waals surface area contributed by atoms with Gasteiger partial charge in [-0.2, -0.15) is 9.97 Å². The topological polar surface area (TPSA) is 73.9 Å². The lowest BCUT2D eigenvalue weighted by molar-refractivity contribution is 0.237. The van der Waals surface area contributed by atoms with E-state index in [1.165, 1.54) is 12.1 Å². The third-order valence-corrected chi connectivity index (χ3v) is 3.56. The number of hydrogen-bond acceptors (Lipinski definition) is 6. The zero-order valence-electron chi connectivity index (χ0n) is 13.3. The Balaban J connectivity index is 1.57. The molecule has 0 unspecified atom stereocenters. The van der Waals surface area contributed by atoms with Crippen LogP contribution in [0.1, 0.15) is 11.7 Å². The van der Waals surface area contributed by atoms with Crippen LogP contribution < -0.4 is 4.74 Å². The molecule has 0 saturated carbocycles. The Kier molecular flexibility index (Phi) is 3.81. The maximum Gasteiger partial charge on any atom is 0.264 e. The number of nitrogens with zero attached hydrogens (tertiary/aromatic N) is 4. The summed E-state index contributed by atoms with van der Waals surface area (Å²) in [7, 11) is 0. The number of para-hydroxylation sites is 1. The number of ether oxygens (including phenoxy) is 1. The first kappa shape index (κ1) is 15.2. The van der Waals surface area contributed by atoms with Crippen LogP contribution in [0.25, 0.3) is 22.3 Å². The van der Waals surface area contributed by atoms with Gasteiger partial charge in [0.25, 0.3) is 5.89 Å². The zero-order chi connectivity index (χ0) is 17.2. The maximum atomic E-state index is 13.3. The van der Waals surface area contributed by atoms with E-state index in [1.54, 1.807) is 19.1 Å². The van der Waals surface area contributed by atoms with Gasteiger partial charge in [0, 0.05) is 5.56 Å². The molecule has 0 bridgehead atoms. The summed E-state index contributed by atoms with van der Waals surface area (Å²) in [6.45, 7) is 1.86. The molecule has 0 fully saturated rings. The summed E-state index contributed by atoms with van der Waals surface area (Å²) >= 11 is 0. The summed E-state index contributed by atoms with van der Waals surface area (Å²) < 4.78 is 24.2. The Morgan fingerprint density at radius 3 is 2.80 bits per heavy atom. The molecule has 0 aliphatic heterocycles. The molecule has 0 amide bonds. The third-order valence-electron chi connectivity index (χ3n) is 3.56. The Hall–Kier alpha value is -3.35. The molecular weight excluding hydrogens is 323 g/mol. The van der Waals surface area contributed by atoms with E-state index in [0.29, 0.717) is 23.1 Å². The van der Waals surface area contributed by atoms with Gasteiger partial charge in [-0.15, -0.1) is 0 Å². The van der Waals surface area contributed by atoms with E-state index >= 15 is 0 Å². The molecule has 7 heteroatoms. The van der Waals surface area contributed by atoms with Crippen molar-refractivity contribution in [2.24, 2.45) is 0 Å². The number of aryl methyl sites for hydroxylation is 1. The lowest BCUT2D eigenvalue weighted by atomic mass is 10.2. The van der Waals surface area contributed by atoms with E-state index in [9.17, 15) is 4.39 Å². The van der Waals surface area contributed by atoms with Crippen molar-refractivity contribution in [2.45, 2.75) is 13.5 Å². The molecule has 0 aliphatic carbocycles. The minimum atomic E-state index is -0.358. The van der Waals surface area contributed by atoms with E-state index in [4.69, 9.17) is 9.26 Å². The standard InChI is InChI=1S/C18H13FN4O2/c1-11-20-15-8-3-2-7-14(15)18(21-11)24-10-16-22-17(23-25-16)12-5-4-6-13(19)9-12/h2-9H,10H2,1H3. The van der Waals surface area contributed by atoms with Crippen molar-refractivity contribution in [2.75, 3.05) is 0 Å². The normalized spacial score (nSPS) is 11.0. The molecule has 0 spiro atoms. The van der Waals surface area contributed by atoms with Gasteiger partial charge in [0.05, 0.1) is 10.9 Å². The summed E-state index contributed by atoms with van der Waals surface area (Å²) in [5.74, 6) is 1.29. The first-order valence-corrected chi connectivity index (χ1v) is 7.64. The van der Waals surface area contributed by atoms with Gasteiger partial charge < -0.3 is 9.26 Å². The van der Waals surface area contributed by atoms with Gasteiger partial charge in [-0.25, -0.2) is 9.37 Å². The monoisotopic (exact) mass is 336 g/mol. The summed E-state index contributed by atoms with van der Waals surface area (Å²) in [5, 5.41) is 4.66. The van der Waals surface area contributed by atoms with Crippen LogP contribution >= 0.6 is 0 Å². The van der Waals surface area contributed by atoms with Gasteiger partial charge in [0.2, 0.25) is 11.7 Å². The number of hydrogen-bond donors (Lipinski definition) is 0. The molecule has 0 aliphatic rings. The first-order chi connectivity index (χ1) is 12.2. The van der Waals surface area contributed by atoms with Gasteiger partial charge in [0.15, 0.2) is 6.61 Å². The molecule has 0 radical (unpaired) electrons. The average Bonchev–Trinajstić information content (AvgIpc) is 3.08. The molecular formula is C18H13FN4O2. The van der Waals surface area contributed by atoms with Gasteiger partial charge >= 0.3 is 0 Å². The molecule has 4 aromatic rings. The van der Waals surface area contributed by atoms with Gasteiger partial charge in [-0.05, 0) is 31.2 Å². The van der Waals surface area contributed by atoms with Crippen molar-refractivity contribution >= 4 is 10.9 Å². The van der Waals surface area contributed by atoms with Crippen LogP contribution in [0.15, 0.2) is 53.1 Å². The van der Waals surface area contributed by atoms with Crippen molar-refractivity contribution in [3.8, 4) is 17.3 Å². The smallest absolute Gasteiger partial charge is 0.264 e. The van der Waals surface area contributed by atoms with Gasteiger partial charge in [-0.1, -0.05) is 29.4 Å². The highest BCUT2D eigenvalue weighted by Gasteiger charge is 2.12. The first-order valence-electron chi connectivity index (χ1n) is 7.64. The quantitative estimate of drug-likeness (QED) is 0.566. The number of benzene rings is 2. The highest BCUT2D eigenvalue weighted by molar-refractivity contribution is 5.83. The predicted octanol–water partition coefficient (Wildman–Crippen LogP) is 3.71. The van der Waals surface area contributed by atoms with E-state index in [1.807, 2.05) is 24.3 Å². The second-order valence-corrected chi connectivity index (χ2v) is 5.40. The molecule has 0 atom stereocenters. The number of rotatable bonds is 4. The summed E-state index contributed by atoms with van der Waals surface area (Å²) in [6, 6.07) is 13.6. The Bertz CT molecular complexity index is 1050. The second-order valence-electron chi connectivity index (χ2n) is 5.40. The second kappa shape index (κ2) is 6.27. The molecule has 124 valence electrons. The minimum absolute atomic E-state index is 0.0583. The highest BCUT2D eigenvalue weighted by atomic mass is 19.1. The van der Waals surface area contributed by atoms with E-state index in [-0.39, 0.29) is 18.3 Å². The number of aromatic nitrogens is 4. The molecule has 0 N–H and O–H groups in total. The van der Waals surface area contributed by atoms with Crippen LogP contribution in [0.4, 0.5) is 4.39 Å². The highest BCUT2D eigenvalue weighted by Crippen LogP contribution is 2.23. The van der Waals surface area contributed by atoms with Crippen LogP contribution in [0.2, 0.25) is 0 Å². The van der Waals surface area contributed by atoms with Gasteiger partial charge in [0.1, 0.15) is 11.6 Å². The van der Waals surface area contributed by atoms with Crippen LogP contribution in [0, 0.1) is 12.7 Å². The summed E-state index contributed by atoms with van der Waals surface area (Å²) in [4.78, 5) is 12.9. The third kappa shape index (κ3) is 3.16. The SMILES string of the molecule is Cc1nc(OCc2nc(-c3cccc(F)c3)no2)c2ccccc2n1. The number of fused-ring (bicyclic) bond motifs is 1. The van der Waals surface area contributed by atoms with Crippen LogP contribution in [-0.2, 0) is 6.61 Å². The Morgan fingerprint density at radius 2 is 1.92 bits per heavy atom. The van der Waals surface area contributed by atoms with Crippen molar-refractivity contribution in [1.82, 2.24) is 20.1 Å². The van der Waals surface area contributed by atoms with E-state index in [0.717, 1.165) is 10.9 Å². The molecule has 2 aromatic heterocycles. The fourth-order valence-electron chi connectivity index (χ4n) is 2.46. The fourth-order valence-corrected chi connectivity index (χ4v) is 2.46. The zero-order valence-corrected chi connectivity index (χ0v) is 13.3. The summed E-state index contributed by atoms with van der Waals surface area (Å²) in [6.07, 6.45) is 0. The Morgan fingerprint density at radius 1 is 1.04 bits per heavy atom. The lowest BCUT2D eigenvalue weighted by Gasteiger charge is -2.06. The van der Waals surface area contributed by atoms with E-state index in [2.05, 4.69) is 20.1 Å². The average molecular weight is 336 g/mol. The molecule has 6 nitrogen and oxygen atoms in total. The van der Waals surface area contributed by atoms with Crippen molar-refractivity contribution in [3.63, 3.8) is 0 Å². The van der Waals surface area contributed by atoms with Gasteiger partial charge in [-0.3, -0.25) is 0 Å². The summed E-state index contributed by atoms with van der Waals surface area (Å²) in [5.41, 5.74) is 1.34. The van der Waals surface area contributed by atoms with Crippen LogP contribution in [0.3, 0.4) is 0 Å². The largest absolute Gasteiger partial charge is 0.467 e. The van der Waals surface area contributed by atoms with Crippen LogP contribution in [0.5, 0.6) is 5.88 Å². The molecule has 4 rings (SSSR count). The molecule has 2 aromatic carbocycles. The fraction of sp³-hybridized carbons (Fsp3) is 0.111. The van der Waals surface area contributed by atoms with Crippen molar-refractivity contribution < 1.29 is 13.7 Å². The van der Waals surface area contributed by atoms with Crippen LogP contribution in [-0.4, -0.2) is 20.1 Å². The molecule has 2 heterocycles. The molecule has 25 heavy (non-hydrogen) atoms. The Labute approximate surface area is 142 Å². The van der Waals surface area contributed by atoms with Crippen molar-refractivity contribution in [1.29, 1.82) is 0 Å². The van der Waals surface area contributed by atoms with E-state index < -0.39 is 0 Å². The lowest BCUT2D eigenvalue weighted by Crippen LogP contribution is -2.01. The number of halogens is 1. The minimum Gasteiger partial charge on any atom is -0.467 e. The molecule has 0 saturated heterocycles. The predicted molar refractivity (Wildman–Crippen MR) is 88.3 cm³/mol.